The SMILES string of the molecule is CSc1cc(N2C[C@@H](C)[C@H](C(=O)O)C2)ncn1. The van der Waals surface area contributed by atoms with Crippen LogP contribution in [0.5, 0.6) is 0 Å². The first-order valence-corrected chi connectivity index (χ1v) is 6.68. The summed E-state index contributed by atoms with van der Waals surface area (Å²) in [7, 11) is 0. The summed E-state index contributed by atoms with van der Waals surface area (Å²) in [6, 6.07) is 1.90. The molecule has 92 valence electrons. The van der Waals surface area contributed by atoms with E-state index in [0.717, 1.165) is 17.4 Å². The molecule has 2 atom stereocenters. The van der Waals surface area contributed by atoms with Gasteiger partial charge in [0, 0.05) is 19.2 Å². The molecule has 0 unspecified atom stereocenters. The molecule has 1 aromatic rings. The highest BCUT2D eigenvalue weighted by molar-refractivity contribution is 7.98. The van der Waals surface area contributed by atoms with Crippen molar-refractivity contribution in [2.45, 2.75) is 11.9 Å². The molecule has 1 aliphatic heterocycles. The molecule has 0 saturated carbocycles. The van der Waals surface area contributed by atoms with Crippen LogP contribution in [-0.4, -0.2) is 40.4 Å². The van der Waals surface area contributed by atoms with Crippen LogP contribution >= 0.6 is 11.8 Å². The number of rotatable bonds is 3. The van der Waals surface area contributed by atoms with Crippen molar-refractivity contribution in [1.82, 2.24) is 9.97 Å². The Labute approximate surface area is 104 Å². The summed E-state index contributed by atoms with van der Waals surface area (Å²) in [4.78, 5) is 21.4. The normalized spacial score (nSPS) is 24.0. The van der Waals surface area contributed by atoms with E-state index in [1.165, 1.54) is 6.33 Å². The van der Waals surface area contributed by atoms with Gasteiger partial charge < -0.3 is 10.0 Å². The van der Waals surface area contributed by atoms with E-state index in [1.807, 2.05) is 24.1 Å². The van der Waals surface area contributed by atoms with Crippen LogP contribution in [0.1, 0.15) is 6.92 Å². The average molecular weight is 253 g/mol. The summed E-state index contributed by atoms with van der Waals surface area (Å²) >= 11 is 1.56. The monoisotopic (exact) mass is 253 g/mol. The van der Waals surface area contributed by atoms with Gasteiger partial charge in [-0.05, 0) is 12.2 Å². The van der Waals surface area contributed by atoms with Gasteiger partial charge in [0.25, 0.3) is 0 Å². The molecule has 0 aliphatic carbocycles. The van der Waals surface area contributed by atoms with E-state index >= 15 is 0 Å². The van der Waals surface area contributed by atoms with Crippen molar-refractivity contribution in [3.63, 3.8) is 0 Å². The summed E-state index contributed by atoms with van der Waals surface area (Å²) in [5, 5.41) is 9.99. The van der Waals surface area contributed by atoms with Crippen LogP contribution in [0.3, 0.4) is 0 Å². The zero-order chi connectivity index (χ0) is 12.4. The lowest BCUT2D eigenvalue weighted by atomic mass is 9.99. The molecule has 17 heavy (non-hydrogen) atoms. The van der Waals surface area contributed by atoms with Crippen molar-refractivity contribution in [1.29, 1.82) is 0 Å². The number of carbonyl (C=O) groups is 1. The van der Waals surface area contributed by atoms with Crippen LogP contribution in [0.2, 0.25) is 0 Å². The van der Waals surface area contributed by atoms with Crippen LogP contribution in [0.15, 0.2) is 17.4 Å². The highest BCUT2D eigenvalue weighted by atomic mass is 32.2. The maximum absolute atomic E-state index is 11.0. The van der Waals surface area contributed by atoms with Gasteiger partial charge in [0.15, 0.2) is 0 Å². The second-order valence-electron chi connectivity index (χ2n) is 4.25. The van der Waals surface area contributed by atoms with Gasteiger partial charge in [0.05, 0.1) is 5.92 Å². The van der Waals surface area contributed by atoms with Crippen molar-refractivity contribution >= 4 is 23.5 Å². The largest absolute Gasteiger partial charge is 0.481 e. The van der Waals surface area contributed by atoms with E-state index in [2.05, 4.69) is 9.97 Å². The van der Waals surface area contributed by atoms with Crippen molar-refractivity contribution in [2.75, 3.05) is 24.2 Å². The molecule has 1 N–H and O–H groups in total. The van der Waals surface area contributed by atoms with E-state index < -0.39 is 5.97 Å². The van der Waals surface area contributed by atoms with Gasteiger partial charge in [0.2, 0.25) is 0 Å². The number of anilines is 1. The van der Waals surface area contributed by atoms with Crippen molar-refractivity contribution < 1.29 is 9.90 Å². The maximum atomic E-state index is 11.0. The zero-order valence-corrected chi connectivity index (χ0v) is 10.6. The fraction of sp³-hybridized carbons (Fsp3) is 0.545. The summed E-state index contributed by atoms with van der Waals surface area (Å²) < 4.78 is 0. The Bertz CT molecular complexity index is 427. The fourth-order valence-electron chi connectivity index (χ4n) is 2.09. The predicted molar refractivity (Wildman–Crippen MR) is 66.3 cm³/mol. The first-order valence-electron chi connectivity index (χ1n) is 5.45. The first kappa shape index (κ1) is 12.2. The molecule has 0 spiro atoms. The third kappa shape index (κ3) is 2.52. The molecule has 6 heteroatoms. The van der Waals surface area contributed by atoms with Crippen LogP contribution in [0.25, 0.3) is 0 Å². The summed E-state index contributed by atoms with van der Waals surface area (Å²) in [6.07, 6.45) is 3.48. The zero-order valence-electron chi connectivity index (χ0n) is 9.83. The standard InChI is InChI=1S/C11H15N3O2S/c1-7-4-14(5-8(7)11(15)16)9-3-10(17-2)13-6-12-9/h3,6-8H,4-5H2,1-2H3,(H,15,16)/t7-,8-/m1/s1. The Morgan fingerprint density at radius 2 is 2.29 bits per heavy atom. The Kier molecular flexibility index (Phi) is 3.51. The highest BCUT2D eigenvalue weighted by Crippen LogP contribution is 2.28. The number of hydrogen-bond acceptors (Lipinski definition) is 5. The minimum Gasteiger partial charge on any atom is -0.481 e. The van der Waals surface area contributed by atoms with Gasteiger partial charge in [-0.15, -0.1) is 11.8 Å². The molecule has 2 heterocycles. The number of aliphatic carboxylic acids is 1. The quantitative estimate of drug-likeness (QED) is 0.648. The van der Waals surface area contributed by atoms with Crippen LogP contribution in [-0.2, 0) is 4.79 Å². The third-order valence-electron chi connectivity index (χ3n) is 3.09. The Hall–Kier alpha value is -1.30. The van der Waals surface area contributed by atoms with Crippen LogP contribution in [0.4, 0.5) is 5.82 Å². The minimum absolute atomic E-state index is 0.153. The van der Waals surface area contributed by atoms with Crippen LogP contribution < -0.4 is 4.90 Å². The summed E-state index contributed by atoms with van der Waals surface area (Å²) in [5.41, 5.74) is 0. The first-order chi connectivity index (χ1) is 8.11. The number of carboxylic acids is 1. The molecular weight excluding hydrogens is 238 g/mol. The smallest absolute Gasteiger partial charge is 0.308 e. The molecule has 0 amide bonds. The van der Waals surface area contributed by atoms with Gasteiger partial charge in [0.1, 0.15) is 17.2 Å². The van der Waals surface area contributed by atoms with E-state index in [0.29, 0.717) is 6.54 Å². The average Bonchev–Trinajstić information content (AvgIpc) is 2.71. The third-order valence-corrected chi connectivity index (χ3v) is 3.73. The summed E-state index contributed by atoms with van der Waals surface area (Å²) in [6.45, 7) is 3.23. The second-order valence-corrected chi connectivity index (χ2v) is 5.07. The molecular formula is C11H15N3O2S. The van der Waals surface area contributed by atoms with Crippen molar-refractivity contribution in [2.24, 2.45) is 11.8 Å². The van der Waals surface area contributed by atoms with Crippen LogP contribution in [0, 0.1) is 11.8 Å². The van der Waals surface area contributed by atoms with E-state index in [9.17, 15) is 4.79 Å². The molecule has 5 nitrogen and oxygen atoms in total. The molecule has 2 rings (SSSR count). The molecule has 1 fully saturated rings. The molecule has 0 aromatic carbocycles. The molecule has 0 radical (unpaired) electrons. The fourth-order valence-corrected chi connectivity index (χ4v) is 2.47. The predicted octanol–water partition coefficient (Wildman–Crippen LogP) is 1.36. The van der Waals surface area contributed by atoms with E-state index in [-0.39, 0.29) is 11.8 Å². The lowest BCUT2D eigenvalue weighted by Gasteiger charge is -2.16. The lowest BCUT2D eigenvalue weighted by molar-refractivity contribution is -0.142. The van der Waals surface area contributed by atoms with Gasteiger partial charge in [-0.2, -0.15) is 0 Å². The number of nitrogens with zero attached hydrogens (tertiary/aromatic N) is 3. The van der Waals surface area contributed by atoms with Crippen molar-refractivity contribution in [3.8, 4) is 0 Å². The number of aromatic nitrogens is 2. The van der Waals surface area contributed by atoms with Gasteiger partial charge in [-0.3, -0.25) is 4.79 Å². The number of thioether (sulfide) groups is 1. The van der Waals surface area contributed by atoms with E-state index in [1.54, 1.807) is 11.8 Å². The van der Waals surface area contributed by atoms with Gasteiger partial charge in [-0.1, -0.05) is 6.92 Å². The number of carboxylic acid groups (broad SMARTS) is 1. The van der Waals surface area contributed by atoms with E-state index in [4.69, 9.17) is 5.11 Å². The lowest BCUT2D eigenvalue weighted by Crippen LogP contribution is -2.23. The summed E-state index contributed by atoms with van der Waals surface area (Å²) in [5.74, 6) is -0.0537. The minimum atomic E-state index is -0.723. The highest BCUT2D eigenvalue weighted by Gasteiger charge is 2.35. The molecule has 1 saturated heterocycles. The Morgan fingerprint density at radius 3 is 2.88 bits per heavy atom. The number of hydrogen-bond donors (Lipinski definition) is 1. The molecule has 1 aliphatic rings. The van der Waals surface area contributed by atoms with Gasteiger partial charge >= 0.3 is 5.97 Å². The maximum Gasteiger partial charge on any atom is 0.308 e. The topological polar surface area (TPSA) is 66.3 Å². The Balaban J connectivity index is 2.16. The molecule has 0 bridgehead atoms. The second kappa shape index (κ2) is 4.91. The van der Waals surface area contributed by atoms with Crippen molar-refractivity contribution in [3.05, 3.63) is 12.4 Å². The molecule has 1 aromatic heterocycles. The van der Waals surface area contributed by atoms with Gasteiger partial charge in [-0.25, -0.2) is 9.97 Å². The Morgan fingerprint density at radius 1 is 1.53 bits per heavy atom.